The maximum atomic E-state index is 5.86. The summed E-state index contributed by atoms with van der Waals surface area (Å²) in [5.74, 6) is 1.07. The maximum absolute atomic E-state index is 5.86. The van der Waals surface area contributed by atoms with Crippen LogP contribution in [0.25, 0.3) is 0 Å². The molecule has 0 saturated carbocycles. The van der Waals surface area contributed by atoms with Crippen molar-refractivity contribution in [2.24, 2.45) is 0 Å². The fraction of sp³-hybridized carbons (Fsp3) is 0.571. The normalized spacial score (nSPS) is 12.0. The van der Waals surface area contributed by atoms with E-state index in [4.69, 9.17) is 4.74 Å². The van der Waals surface area contributed by atoms with Gasteiger partial charge in [-0.05, 0) is 38.8 Å². The lowest BCUT2D eigenvalue weighted by Crippen LogP contribution is -2.38. The molecular weight excluding hydrogens is 212 g/mol. The molecule has 0 aliphatic carbocycles. The molecule has 1 aromatic carbocycles. The van der Waals surface area contributed by atoms with Gasteiger partial charge >= 0.3 is 0 Å². The summed E-state index contributed by atoms with van der Waals surface area (Å²) >= 11 is 0. The van der Waals surface area contributed by atoms with Crippen molar-refractivity contribution in [3.8, 4) is 5.75 Å². The van der Waals surface area contributed by atoms with E-state index in [2.05, 4.69) is 59.5 Å². The van der Waals surface area contributed by atoms with E-state index >= 15 is 0 Å². The smallest absolute Gasteiger partial charge is 0.125 e. The van der Waals surface area contributed by atoms with Crippen LogP contribution in [0.3, 0.4) is 0 Å². The second-order valence-corrected chi connectivity index (χ2v) is 10.9. The summed E-state index contributed by atoms with van der Waals surface area (Å²) in [5.41, 5.74) is 2.54. The average molecular weight is 236 g/mol. The molecule has 16 heavy (non-hydrogen) atoms. The maximum Gasteiger partial charge on any atom is 0.125 e. The molecule has 1 rings (SSSR count). The molecule has 0 bridgehead atoms. The number of hydrogen-bond acceptors (Lipinski definition) is 1. The van der Waals surface area contributed by atoms with Gasteiger partial charge in [-0.3, -0.25) is 0 Å². The van der Waals surface area contributed by atoms with Crippen LogP contribution < -0.4 is 9.92 Å². The highest BCUT2D eigenvalue weighted by Gasteiger charge is 2.19. The summed E-state index contributed by atoms with van der Waals surface area (Å²) < 4.78 is 5.86. The van der Waals surface area contributed by atoms with Gasteiger partial charge in [-0.1, -0.05) is 37.0 Å². The molecule has 90 valence electrons. The van der Waals surface area contributed by atoms with Crippen LogP contribution in [0.4, 0.5) is 0 Å². The van der Waals surface area contributed by atoms with Crippen LogP contribution in [0.15, 0.2) is 12.1 Å². The molecule has 0 radical (unpaired) electrons. The van der Waals surface area contributed by atoms with E-state index < -0.39 is 8.07 Å². The molecular formula is C14H24OSi. The van der Waals surface area contributed by atoms with Gasteiger partial charge in [0, 0.05) is 0 Å². The van der Waals surface area contributed by atoms with Crippen LogP contribution in [0.2, 0.25) is 19.6 Å². The van der Waals surface area contributed by atoms with Gasteiger partial charge in [-0.15, -0.1) is 0 Å². The molecule has 0 fully saturated rings. The predicted molar refractivity (Wildman–Crippen MR) is 74.7 cm³/mol. The molecule has 0 saturated heterocycles. The van der Waals surface area contributed by atoms with Gasteiger partial charge in [0.05, 0.1) is 14.2 Å². The van der Waals surface area contributed by atoms with E-state index in [1.165, 1.54) is 16.3 Å². The number of ether oxygens (including phenoxy) is 1. The molecule has 0 N–H and O–H groups in total. The van der Waals surface area contributed by atoms with Gasteiger partial charge in [0.2, 0.25) is 0 Å². The molecule has 1 aromatic rings. The Morgan fingerprint density at radius 1 is 1.00 bits per heavy atom. The van der Waals surface area contributed by atoms with Crippen LogP contribution in [0.5, 0.6) is 5.75 Å². The summed E-state index contributed by atoms with van der Waals surface area (Å²) in [6.45, 7) is 15.6. The van der Waals surface area contributed by atoms with Crippen molar-refractivity contribution in [3.63, 3.8) is 0 Å². The molecule has 0 spiro atoms. The van der Waals surface area contributed by atoms with Gasteiger partial charge < -0.3 is 4.74 Å². The van der Waals surface area contributed by atoms with Crippen LogP contribution in [-0.2, 0) is 0 Å². The van der Waals surface area contributed by atoms with Gasteiger partial charge in [0.1, 0.15) is 5.75 Å². The first kappa shape index (κ1) is 13.3. The Morgan fingerprint density at radius 3 is 1.75 bits per heavy atom. The van der Waals surface area contributed by atoms with Crippen LogP contribution in [0.1, 0.15) is 25.0 Å². The SMILES string of the molecule is Cc1cc([Si](C)(C)C)cc(C)c1OC(C)C. The van der Waals surface area contributed by atoms with E-state index in [-0.39, 0.29) is 6.10 Å². The third kappa shape index (κ3) is 3.11. The molecule has 0 heterocycles. The van der Waals surface area contributed by atoms with Crippen LogP contribution in [0, 0.1) is 13.8 Å². The van der Waals surface area contributed by atoms with Gasteiger partial charge in [-0.25, -0.2) is 0 Å². The monoisotopic (exact) mass is 236 g/mol. The Kier molecular flexibility index (Phi) is 3.84. The summed E-state index contributed by atoms with van der Waals surface area (Å²) in [4.78, 5) is 0. The Balaban J connectivity index is 3.18. The number of benzene rings is 1. The fourth-order valence-electron chi connectivity index (χ4n) is 1.80. The van der Waals surface area contributed by atoms with E-state index in [9.17, 15) is 0 Å². The predicted octanol–water partition coefficient (Wildman–Crippen LogP) is 3.64. The van der Waals surface area contributed by atoms with Crippen molar-refractivity contribution in [2.45, 2.75) is 53.4 Å². The lowest BCUT2D eigenvalue weighted by molar-refractivity contribution is 0.239. The van der Waals surface area contributed by atoms with Gasteiger partial charge in [-0.2, -0.15) is 0 Å². The Morgan fingerprint density at radius 2 is 1.44 bits per heavy atom. The van der Waals surface area contributed by atoms with Crippen molar-refractivity contribution in [3.05, 3.63) is 23.3 Å². The average Bonchev–Trinajstić information content (AvgIpc) is 2.09. The largest absolute Gasteiger partial charge is 0.490 e. The van der Waals surface area contributed by atoms with Crippen LogP contribution >= 0.6 is 0 Å². The summed E-state index contributed by atoms with van der Waals surface area (Å²) in [6, 6.07) is 4.61. The first-order valence-corrected chi connectivity index (χ1v) is 9.50. The topological polar surface area (TPSA) is 9.23 Å². The quantitative estimate of drug-likeness (QED) is 0.728. The first-order chi connectivity index (χ1) is 7.21. The standard InChI is InChI=1S/C14H24OSi/c1-10(2)15-14-11(3)8-13(9-12(14)4)16(5,6)7/h8-10H,1-7H3. The molecule has 0 atom stereocenters. The zero-order valence-electron chi connectivity index (χ0n) is 11.6. The summed E-state index contributed by atoms with van der Waals surface area (Å²) in [7, 11) is -1.21. The van der Waals surface area contributed by atoms with Crippen molar-refractivity contribution >= 4 is 13.3 Å². The molecule has 0 aliphatic heterocycles. The Hall–Kier alpha value is -0.763. The fourth-order valence-corrected chi connectivity index (χ4v) is 3.10. The third-order valence-corrected chi connectivity index (χ3v) is 4.70. The van der Waals surface area contributed by atoms with E-state index in [0.717, 1.165) is 5.75 Å². The van der Waals surface area contributed by atoms with Crippen molar-refractivity contribution in [1.29, 1.82) is 0 Å². The molecule has 1 nitrogen and oxygen atoms in total. The Bertz CT molecular complexity index is 352. The van der Waals surface area contributed by atoms with E-state index in [0.29, 0.717) is 0 Å². The minimum Gasteiger partial charge on any atom is -0.490 e. The van der Waals surface area contributed by atoms with Crippen molar-refractivity contribution in [1.82, 2.24) is 0 Å². The zero-order chi connectivity index (χ0) is 12.5. The Labute approximate surface area is 101 Å². The molecule has 0 amide bonds. The first-order valence-electron chi connectivity index (χ1n) is 6.00. The summed E-state index contributed by atoms with van der Waals surface area (Å²) in [5, 5.41) is 1.51. The molecule has 0 aliphatic rings. The van der Waals surface area contributed by atoms with Gasteiger partial charge in [0.15, 0.2) is 0 Å². The van der Waals surface area contributed by atoms with Crippen LogP contribution in [-0.4, -0.2) is 14.2 Å². The number of rotatable bonds is 3. The van der Waals surface area contributed by atoms with Crippen molar-refractivity contribution < 1.29 is 4.74 Å². The summed E-state index contributed by atoms with van der Waals surface area (Å²) in [6.07, 6.45) is 0.245. The number of hydrogen-bond donors (Lipinski definition) is 0. The molecule has 2 heteroatoms. The third-order valence-electron chi connectivity index (χ3n) is 2.68. The highest BCUT2D eigenvalue weighted by atomic mass is 28.3. The lowest BCUT2D eigenvalue weighted by Gasteiger charge is -2.21. The highest BCUT2D eigenvalue weighted by molar-refractivity contribution is 6.88. The minimum absolute atomic E-state index is 0.245. The zero-order valence-corrected chi connectivity index (χ0v) is 12.6. The second-order valence-electron chi connectivity index (χ2n) is 5.86. The van der Waals surface area contributed by atoms with E-state index in [1.54, 1.807) is 0 Å². The minimum atomic E-state index is -1.21. The second kappa shape index (κ2) is 4.62. The van der Waals surface area contributed by atoms with Crippen molar-refractivity contribution in [2.75, 3.05) is 0 Å². The van der Waals surface area contributed by atoms with E-state index in [1.807, 2.05) is 0 Å². The van der Waals surface area contributed by atoms with Gasteiger partial charge in [0.25, 0.3) is 0 Å². The molecule has 0 unspecified atom stereocenters. The lowest BCUT2D eigenvalue weighted by atomic mass is 10.1. The molecule has 0 aromatic heterocycles. The highest BCUT2D eigenvalue weighted by Crippen LogP contribution is 2.24. The number of aryl methyl sites for hydroxylation is 2.